The Balaban J connectivity index is 1.42. The number of amides is 1. The average Bonchev–Trinajstić information content (AvgIpc) is 3.23. The molecule has 0 aliphatic carbocycles. The number of nitrogens with zero attached hydrogens (tertiary/aromatic N) is 2. The van der Waals surface area contributed by atoms with Crippen molar-refractivity contribution in [2.45, 2.75) is 25.0 Å². The Morgan fingerprint density at radius 3 is 2.21 bits per heavy atom. The van der Waals surface area contributed by atoms with Crippen molar-refractivity contribution in [3.05, 3.63) is 30.3 Å². The van der Waals surface area contributed by atoms with Crippen molar-refractivity contribution < 1.29 is 19.4 Å². The maximum atomic E-state index is 12.9. The van der Waals surface area contributed by atoms with Crippen LogP contribution in [0.4, 0.5) is 5.69 Å². The van der Waals surface area contributed by atoms with Gasteiger partial charge in [0.25, 0.3) is 0 Å². The lowest BCUT2D eigenvalue weighted by Gasteiger charge is -2.38. The number of benzene rings is 1. The topological polar surface area (TPSA) is 70.1 Å². The highest BCUT2D eigenvalue weighted by Crippen LogP contribution is 2.44. The Hall–Kier alpha value is -2.08. The number of para-hydroxylation sites is 1. The fourth-order valence-corrected chi connectivity index (χ4v) is 4.34. The van der Waals surface area contributed by atoms with E-state index in [1.165, 1.54) is 0 Å². The monoisotopic (exact) mass is 330 g/mol. The first-order chi connectivity index (χ1) is 11.6. The summed E-state index contributed by atoms with van der Waals surface area (Å²) < 4.78 is 5.72. The molecule has 1 N–H and O–H groups in total. The molecule has 4 atom stereocenters. The fourth-order valence-electron chi connectivity index (χ4n) is 4.34. The molecule has 2 bridgehead atoms. The summed E-state index contributed by atoms with van der Waals surface area (Å²) in [5.41, 5.74) is 1.16. The molecule has 0 radical (unpaired) electrons. The standard InChI is InChI=1S/C18H22N2O4/c21-17(15-13-6-7-14(24-13)16(15)18(22)23)20-10-8-19(9-11-20)12-4-2-1-3-5-12/h1-5,13-16H,6-11H2,(H,22,23)/t13-,14-,15-,16+/m1/s1. The molecule has 3 heterocycles. The van der Waals surface area contributed by atoms with Gasteiger partial charge in [0.2, 0.25) is 5.91 Å². The zero-order valence-electron chi connectivity index (χ0n) is 13.5. The highest BCUT2D eigenvalue weighted by molar-refractivity contribution is 5.86. The van der Waals surface area contributed by atoms with Gasteiger partial charge in [-0.1, -0.05) is 18.2 Å². The number of aliphatic carboxylic acids is 1. The Morgan fingerprint density at radius 2 is 1.58 bits per heavy atom. The van der Waals surface area contributed by atoms with Crippen molar-refractivity contribution in [1.82, 2.24) is 4.90 Å². The van der Waals surface area contributed by atoms with E-state index in [0.717, 1.165) is 31.6 Å². The molecular weight excluding hydrogens is 308 g/mol. The minimum atomic E-state index is -0.900. The predicted octanol–water partition coefficient (Wildman–Crippen LogP) is 1.21. The SMILES string of the molecule is O=C(O)[C@@H]1[C@H](C(=O)N2CCN(c3ccccc3)CC2)[C@H]2CC[C@H]1O2. The van der Waals surface area contributed by atoms with Gasteiger partial charge in [0, 0.05) is 31.9 Å². The molecule has 4 rings (SSSR count). The molecule has 3 saturated heterocycles. The first-order valence-electron chi connectivity index (χ1n) is 8.62. The summed E-state index contributed by atoms with van der Waals surface area (Å²) in [6, 6.07) is 10.2. The van der Waals surface area contributed by atoms with Crippen LogP contribution in [0.15, 0.2) is 30.3 Å². The van der Waals surface area contributed by atoms with Crippen LogP contribution in [0.1, 0.15) is 12.8 Å². The lowest BCUT2D eigenvalue weighted by Crippen LogP contribution is -2.53. The normalized spacial score (nSPS) is 32.2. The summed E-state index contributed by atoms with van der Waals surface area (Å²) in [5.74, 6) is -2.13. The van der Waals surface area contributed by atoms with Gasteiger partial charge in [-0.25, -0.2) is 0 Å². The van der Waals surface area contributed by atoms with E-state index < -0.39 is 17.8 Å². The molecule has 0 aromatic heterocycles. The fraction of sp³-hybridized carbons (Fsp3) is 0.556. The van der Waals surface area contributed by atoms with Crippen molar-refractivity contribution in [3.8, 4) is 0 Å². The molecular formula is C18H22N2O4. The largest absolute Gasteiger partial charge is 0.481 e. The average molecular weight is 330 g/mol. The lowest BCUT2D eigenvalue weighted by molar-refractivity contribution is -0.151. The molecule has 6 heteroatoms. The summed E-state index contributed by atoms with van der Waals surface area (Å²) in [5, 5.41) is 9.48. The predicted molar refractivity (Wildman–Crippen MR) is 87.7 cm³/mol. The Labute approximate surface area is 141 Å². The number of carboxylic acid groups (broad SMARTS) is 1. The van der Waals surface area contributed by atoms with E-state index in [1.807, 2.05) is 23.1 Å². The number of rotatable bonds is 3. The second-order valence-corrected chi connectivity index (χ2v) is 6.83. The van der Waals surface area contributed by atoms with E-state index in [1.54, 1.807) is 0 Å². The minimum absolute atomic E-state index is 0.0395. The molecule has 0 spiro atoms. The third kappa shape index (κ3) is 2.55. The van der Waals surface area contributed by atoms with Crippen molar-refractivity contribution in [1.29, 1.82) is 0 Å². The third-order valence-corrected chi connectivity index (χ3v) is 5.56. The number of carbonyl (C=O) groups excluding carboxylic acids is 1. The first kappa shape index (κ1) is 15.4. The number of ether oxygens (including phenoxy) is 1. The highest BCUT2D eigenvalue weighted by Gasteiger charge is 2.56. The Bertz CT molecular complexity index is 627. The molecule has 1 aromatic rings. The smallest absolute Gasteiger partial charge is 0.310 e. The summed E-state index contributed by atoms with van der Waals surface area (Å²) in [6.45, 7) is 2.81. The summed E-state index contributed by atoms with van der Waals surface area (Å²) in [6.07, 6.45) is 1.06. The maximum absolute atomic E-state index is 12.9. The van der Waals surface area contributed by atoms with Crippen molar-refractivity contribution >= 4 is 17.6 Å². The third-order valence-electron chi connectivity index (χ3n) is 5.56. The summed E-state index contributed by atoms with van der Waals surface area (Å²) >= 11 is 0. The van der Waals surface area contributed by atoms with Crippen LogP contribution in [-0.4, -0.2) is 60.3 Å². The molecule has 0 unspecified atom stereocenters. The second-order valence-electron chi connectivity index (χ2n) is 6.83. The zero-order chi connectivity index (χ0) is 16.7. The maximum Gasteiger partial charge on any atom is 0.310 e. The quantitative estimate of drug-likeness (QED) is 0.902. The number of carboxylic acids is 1. The molecule has 3 aliphatic rings. The molecule has 3 fully saturated rings. The van der Waals surface area contributed by atoms with Crippen LogP contribution < -0.4 is 4.90 Å². The number of piperazine rings is 1. The number of fused-ring (bicyclic) bond motifs is 2. The van der Waals surface area contributed by atoms with Crippen molar-refractivity contribution in [3.63, 3.8) is 0 Å². The van der Waals surface area contributed by atoms with E-state index >= 15 is 0 Å². The molecule has 6 nitrogen and oxygen atoms in total. The number of hydrogen-bond donors (Lipinski definition) is 1. The van der Waals surface area contributed by atoms with Gasteiger partial charge in [0.1, 0.15) is 0 Å². The molecule has 0 saturated carbocycles. The van der Waals surface area contributed by atoms with Crippen LogP contribution in [0.25, 0.3) is 0 Å². The van der Waals surface area contributed by atoms with Gasteiger partial charge in [-0.2, -0.15) is 0 Å². The van der Waals surface area contributed by atoms with Crippen molar-refractivity contribution in [2.75, 3.05) is 31.1 Å². The van der Waals surface area contributed by atoms with Crippen LogP contribution in [0, 0.1) is 11.8 Å². The number of carbonyl (C=O) groups is 2. The Kier molecular flexibility index (Phi) is 3.92. The lowest BCUT2D eigenvalue weighted by atomic mass is 9.78. The summed E-state index contributed by atoms with van der Waals surface area (Å²) in [4.78, 5) is 28.6. The van der Waals surface area contributed by atoms with Crippen LogP contribution in [0.3, 0.4) is 0 Å². The van der Waals surface area contributed by atoms with E-state index in [0.29, 0.717) is 13.1 Å². The van der Waals surface area contributed by atoms with Gasteiger partial charge in [0.05, 0.1) is 24.0 Å². The summed E-state index contributed by atoms with van der Waals surface area (Å²) in [7, 11) is 0. The van der Waals surface area contributed by atoms with Gasteiger partial charge >= 0.3 is 5.97 Å². The second kappa shape index (κ2) is 6.09. The molecule has 1 aromatic carbocycles. The van der Waals surface area contributed by atoms with E-state index in [4.69, 9.17) is 4.74 Å². The van der Waals surface area contributed by atoms with Crippen molar-refractivity contribution in [2.24, 2.45) is 11.8 Å². The van der Waals surface area contributed by atoms with Gasteiger partial charge < -0.3 is 19.6 Å². The van der Waals surface area contributed by atoms with E-state index in [9.17, 15) is 14.7 Å². The Morgan fingerprint density at radius 1 is 0.958 bits per heavy atom. The van der Waals surface area contributed by atoms with Gasteiger partial charge in [-0.15, -0.1) is 0 Å². The van der Waals surface area contributed by atoms with E-state index in [2.05, 4.69) is 17.0 Å². The number of hydrogen-bond acceptors (Lipinski definition) is 4. The zero-order valence-corrected chi connectivity index (χ0v) is 13.5. The van der Waals surface area contributed by atoms with Crippen LogP contribution >= 0.6 is 0 Å². The van der Waals surface area contributed by atoms with Crippen LogP contribution in [-0.2, 0) is 14.3 Å². The van der Waals surface area contributed by atoms with Gasteiger partial charge in [-0.3, -0.25) is 9.59 Å². The molecule has 128 valence electrons. The molecule has 3 aliphatic heterocycles. The van der Waals surface area contributed by atoms with E-state index in [-0.39, 0.29) is 18.1 Å². The molecule has 1 amide bonds. The van der Waals surface area contributed by atoms with Gasteiger partial charge in [0.15, 0.2) is 0 Å². The highest BCUT2D eigenvalue weighted by atomic mass is 16.5. The van der Waals surface area contributed by atoms with Crippen LogP contribution in [0.2, 0.25) is 0 Å². The van der Waals surface area contributed by atoms with Gasteiger partial charge in [-0.05, 0) is 25.0 Å². The van der Waals surface area contributed by atoms with Crippen LogP contribution in [0.5, 0.6) is 0 Å². The first-order valence-corrected chi connectivity index (χ1v) is 8.62. The number of anilines is 1. The minimum Gasteiger partial charge on any atom is -0.481 e. The molecule has 24 heavy (non-hydrogen) atoms.